The molecule has 1 aliphatic rings. The molecule has 1 fully saturated rings. The molecule has 3 aromatic rings. The number of amides is 1. The van der Waals surface area contributed by atoms with Gasteiger partial charge in [-0.05, 0) is 80.6 Å². The van der Waals surface area contributed by atoms with Gasteiger partial charge in [0.2, 0.25) is 0 Å². The zero-order valence-electron chi connectivity index (χ0n) is 18.3. The molecule has 1 saturated heterocycles. The zero-order chi connectivity index (χ0) is 21.8. The Morgan fingerprint density at radius 2 is 1.71 bits per heavy atom. The van der Waals surface area contributed by atoms with E-state index >= 15 is 0 Å². The molecule has 0 radical (unpaired) electrons. The highest BCUT2D eigenvalue weighted by molar-refractivity contribution is 7.99. The lowest BCUT2D eigenvalue weighted by atomic mass is 10.1. The van der Waals surface area contributed by atoms with Gasteiger partial charge >= 0.3 is 0 Å². The smallest absolute Gasteiger partial charge is 0.258 e. The fraction of sp³-hybridized carbons (Fsp3) is 0.280. The topological polar surface area (TPSA) is 48.5 Å². The third-order valence-corrected chi connectivity index (χ3v) is 6.71. The van der Waals surface area contributed by atoms with Crippen LogP contribution in [-0.4, -0.2) is 49.0 Å². The van der Waals surface area contributed by atoms with Gasteiger partial charge in [-0.3, -0.25) is 4.79 Å². The quantitative estimate of drug-likeness (QED) is 0.624. The van der Waals surface area contributed by atoms with E-state index in [-0.39, 0.29) is 5.91 Å². The second-order valence-corrected chi connectivity index (χ2v) is 9.06. The monoisotopic (exact) mass is 432 g/mol. The summed E-state index contributed by atoms with van der Waals surface area (Å²) in [5.74, 6) is -0.146. The van der Waals surface area contributed by atoms with Crippen molar-refractivity contribution in [1.29, 1.82) is 0 Å². The lowest BCUT2D eigenvalue weighted by Crippen LogP contribution is -2.44. The van der Waals surface area contributed by atoms with E-state index in [1.165, 1.54) is 28.6 Å². The molecular formula is C25H28N4OS. The number of carbonyl (C=O) groups is 1. The van der Waals surface area contributed by atoms with Gasteiger partial charge in [0.05, 0.1) is 5.56 Å². The molecule has 5 nitrogen and oxygen atoms in total. The maximum Gasteiger partial charge on any atom is 0.258 e. The minimum absolute atomic E-state index is 0.146. The van der Waals surface area contributed by atoms with E-state index in [1.807, 2.05) is 18.2 Å². The average molecular weight is 433 g/mol. The van der Waals surface area contributed by atoms with Crippen molar-refractivity contribution in [2.75, 3.05) is 43.4 Å². The van der Waals surface area contributed by atoms with Gasteiger partial charge in [-0.25, -0.2) is 4.98 Å². The lowest BCUT2D eigenvalue weighted by molar-refractivity contribution is 0.102. The minimum Gasteiger partial charge on any atom is -0.369 e. The molecule has 4 rings (SSSR count). The molecule has 31 heavy (non-hydrogen) atoms. The van der Waals surface area contributed by atoms with Crippen molar-refractivity contribution < 1.29 is 4.79 Å². The number of rotatable bonds is 5. The van der Waals surface area contributed by atoms with Gasteiger partial charge in [0.15, 0.2) is 0 Å². The molecule has 1 amide bonds. The predicted molar refractivity (Wildman–Crippen MR) is 128 cm³/mol. The molecule has 2 heterocycles. The number of benzene rings is 2. The van der Waals surface area contributed by atoms with Crippen LogP contribution >= 0.6 is 11.8 Å². The largest absolute Gasteiger partial charge is 0.369 e. The summed E-state index contributed by atoms with van der Waals surface area (Å²) in [5.41, 5.74) is 5.04. The zero-order valence-corrected chi connectivity index (χ0v) is 19.1. The number of aromatic nitrogens is 1. The summed E-state index contributed by atoms with van der Waals surface area (Å²) in [7, 11) is 2.15. The van der Waals surface area contributed by atoms with Crippen molar-refractivity contribution >= 4 is 29.0 Å². The van der Waals surface area contributed by atoms with E-state index in [4.69, 9.17) is 0 Å². The molecule has 0 atom stereocenters. The maximum atomic E-state index is 13.0. The number of anilines is 2. The van der Waals surface area contributed by atoms with Crippen molar-refractivity contribution in [3.63, 3.8) is 0 Å². The first-order valence-electron chi connectivity index (χ1n) is 10.5. The average Bonchev–Trinajstić information content (AvgIpc) is 2.78. The highest BCUT2D eigenvalue weighted by Crippen LogP contribution is 2.30. The van der Waals surface area contributed by atoms with Gasteiger partial charge < -0.3 is 15.1 Å². The van der Waals surface area contributed by atoms with Crippen LogP contribution in [0.5, 0.6) is 0 Å². The number of nitrogens with zero attached hydrogens (tertiary/aromatic N) is 3. The molecule has 1 aliphatic heterocycles. The van der Waals surface area contributed by atoms with Crippen LogP contribution in [0.25, 0.3) is 0 Å². The second-order valence-electron chi connectivity index (χ2n) is 8.00. The van der Waals surface area contributed by atoms with Crippen LogP contribution in [0, 0.1) is 13.8 Å². The normalized spacial score (nSPS) is 14.5. The van der Waals surface area contributed by atoms with E-state index in [2.05, 4.69) is 71.3 Å². The van der Waals surface area contributed by atoms with Gasteiger partial charge in [0.1, 0.15) is 5.03 Å². The number of pyridine rings is 1. The van der Waals surface area contributed by atoms with Crippen molar-refractivity contribution in [3.05, 3.63) is 77.5 Å². The Balaban J connectivity index is 1.45. The number of aryl methyl sites for hydroxylation is 2. The van der Waals surface area contributed by atoms with Crippen molar-refractivity contribution in [1.82, 2.24) is 9.88 Å². The van der Waals surface area contributed by atoms with Crippen molar-refractivity contribution in [3.8, 4) is 0 Å². The van der Waals surface area contributed by atoms with Crippen LogP contribution in [0.4, 0.5) is 11.4 Å². The van der Waals surface area contributed by atoms with Gasteiger partial charge in [-0.2, -0.15) is 0 Å². The Bertz CT molecular complexity index is 1060. The summed E-state index contributed by atoms with van der Waals surface area (Å²) >= 11 is 1.51. The molecule has 2 aromatic carbocycles. The number of hydrogen-bond acceptors (Lipinski definition) is 5. The van der Waals surface area contributed by atoms with E-state index in [1.54, 1.807) is 12.3 Å². The van der Waals surface area contributed by atoms with Crippen LogP contribution in [-0.2, 0) is 0 Å². The minimum atomic E-state index is -0.146. The molecule has 0 unspecified atom stereocenters. The van der Waals surface area contributed by atoms with E-state index < -0.39 is 0 Å². The molecule has 6 heteroatoms. The first-order chi connectivity index (χ1) is 15.0. The molecule has 0 aliphatic carbocycles. The van der Waals surface area contributed by atoms with Crippen molar-refractivity contribution in [2.24, 2.45) is 0 Å². The number of nitrogens with one attached hydrogen (secondary N) is 1. The van der Waals surface area contributed by atoms with Crippen LogP contribution in [0.1, 0.15) is 21.5 Å². The first-order valence-corrected chi connectivity index (χ1v) is 11.4. The maximum absolute atomic E-state index is 13.0. The van der Waals surface area contributed by atoms with Crippen LogP contribution in [0.2, 0.25) is 0 Å². The van der Waals surface area contributed by atoms with Crippen LogP contribution in [0.3, 0.4) is 0 Å². The predicted octanol–water partition coefficient (Wildman–Crippen LogP) is 4.85. The fourth-order valence-corrected chi connectivity index (χ4v) is 4.53. The summed E-state index contributed by atoms with van der Waals surface area (Å²) in [6.07, 6.45) is 1.73. The molecule has 160 valence electrons. The molecular weight excluding hydrogens is 404 g/mol. The highest BCUT2D eigenvalue weighted by atomic mass is 32.2. The SMILES string of the molecule is Cc1ccc(Sc2ncccc2C(=O)Nc2ccc(N3CCN(C)CC3)cc2)cc1C. The first kappa shape index (κ1) is 21.4. The van der Waals surface area contributed by atoms with Gasteiger partial charge in [0.25, 0.3) is 5.91 Å². The van der Waals surface area contributed by atoms with Crippen molar-refractivity contribution in [2.45, 2.75) is 23.8 Å². The fourth-order valence-electron chi connectivity index (χ4n) is 3.55. The molecule has 0 bridgehead atoms. The molecule has 0 spiro atoms. The number of hydrogen-bond donors (Lipinski definition) is 1. The second kappa shape index (κ2) is 9.54. The number of likely N-dealkylation sites (N-methyl/N-ethyl adjacent to an activating group) is 1. The Morgan fingerprint density at radius 3 is 2.42 bits per heavy atom. The third kappa shape index (κ3) is 5.27. The Kier molecular flexibility index (Phi) is 6.59. The van der Waals surface area contributed by atoms with Crippen LogP contribution < -0.4 is 10.2 Å². The third-order valence-electron chi connectivity index (χ3n) is 5.70. The molecule has 0 saturated carbocycles. The standard InChI is InChI=1S/C25H28N4OS/c1-18-6-11-22(17-19(18)2)31-25-23(5-4-12-26-25)24(30)27-20-7-9-21(10-8-20)29-15-13-28(3)14-16-29/h4-12,17H,13-16H2,1-3H3,(H,27,30). The number of carbonyl (C=O) groups excluding carboxylic acids is 1. The van der Waals surface area contributed by atoms with E-state index in [9.17, 15) is 4.79 Å². The summed E-state index contributed by atoms with van der Waals surface area (Å²) < 4.78 is 0. The summed E-state index contributed by atoms with van der Waals surface area (Å²) in [5, 5.41) is 3.73. The summed E-state index contributed by atoms with van der Waals surface area (Å²) in [6, 6.07) is 18.0. The van der Waals surface area contributed by atoms with Gasteiger partial charge in [0, 0.05) is 48.6 Å². The Labute approximate surface area is 188 Å². The summed E-state index contributed by atoms with van der Waals surface area (Å²) in [6.45, 7) is 8.38. The van der Waals surface area contributed by atoms with E-state index in [0.717, 1.165) is 36.8 Å². The Hall–Kier alpha value is -2.83. The van der Waals surface area contributed by atoms with Gasteiger partial charge in [-0.1, -0.05) is 17.8 Å². The van der Waals surface area contributed by atoms with E-state index in [0.29, 0.717) is 10.6 Å². The highest BCUT2D eigenvalue weighted by Gasteiger charge is 2.16. The summed E-state index contributed by atoms with van der Waals surface area (Å²) in [4.78, 5) is 23.2. The Morgan fingerprint density at radius 1 is 0.968 bits per heavy atom. The van der Waals surface area contributed by atoms with Gasteiger partial charge in [-0.15, -0.1) is 0 Å². The lowest BCUT2D eigenvalue weighted by Gasteiger charge is -2.34. The molecule has 1 aromatic heterocycles. The van der Waals surface area contributed by atoms with Crippen LogP contribution in [0.15, 0.2) is 70.7 Å². The number of piperazine rings is 1. The molecule has 1 N–H and O–H groups in total.